The van der Waals surface area contributed by atoms with Crippen LogP contribution < -0.4 is 10.2 Å². The molecule has 0 bridgehead atoms. The van der Waals surface area contributed by atoms with Crippen molar-refractivity contribution in [2.24, 2.45) is 4.99 Å². The standard InChI is InChI=1S/C18H13Cl3F2N4O2/c1-26-14(15(28)27(17(26)29)13-9-5-3-7-11(13)23)25-16(18(19,20)21)24-12-8-4-2-6-10(12)22/h2-9,16,24H,1H3. The van der Waals surface area contributed by atoms with E-state index in [2.05, 4.69) is 10.3 Å². The van der Waals surface area contributed by atoms with Crippen molar-refractivity contribution < 1.29 is 18.4 Å². The second kappa shape index (κ2) is 8.14. The van der Waals surface area contributed by atoms with Crippen molar-refractivity contribution in [1.29, 1.82) is 0 Å². The lowest BCUT2D eigenvalue weighted by molar-refractivity contribution is -0.111. The first-order chi connectivity index (χ1) is 13.6. The van der Waals surface area contributed by atoms with E-state index < -0.39 is 39.4 Å². The number of benzene rings is 2. The van der Waals surface area contributed by atoms with Gasteiger partial charge in [-0.3, -0.25) is 9.69 Å². The Kier molecular flexibility index (Phi) is 5.97. The molecular weight excluding hydrogens is 449 g/mol. The highest BCUT2D eigenvalue weighted by atomic mass is 35.6. The van der Waals surface area contributed by atoms with Crippen molar-refractivity contribution in [3.63, 3.8) is 0 Å². The van der Waals surface area contributed by atoms with E-state index in [1.165, 1.54) is 43.4 Å². The number of nitrogens with zero attached hydrogens (tertiary/aromatic N) is 3. The van der Waals surface area contributed by atoms with Crippen LogP contribution in [0, 0.1) is 11.6 Å². The van der Waals surface area contributed by atoms with Crippen LogP contribution in [0.2, 0.25) is 0 Å². The third kappa shape index (κ3) is 4.29. The van der Waals surface area contributed by atoms with E-state index in [0.717, 1.165) is 11.0 Å². The van der Waals surface area contributed by atoms with Gasteiger partial charge >= 0.3 is 11.9 Å². The Morgan fingerprint density at radius 2 is 1.59 bits per heavy atom. The van der Waals surface area contributed by atoms with Crippen molar-refractivity contribution in [3.8, 4) is 0 Å². The van der Waals surface area contributed by atoms with E-state index in [0.29, 0.717) is 4.90 Å². The molecule has 3 rings (SSSR count). The monoisotopic (exact) mass is 460 g/mol. The van der Waals surface area contributed by atoms with Gasteiger partial charge in [0.2, 0.25) is 9.63 Å². The molecule has 1 aliphatic heterocycles. The fourth-order valence-electron chi connectivity index (χ4n) is 2.59. The summed E-state index contributed by atoms with van der Waals surface area (Å²) in [7, 11) is 1.26. The Morgan fingerprint density at radius 3 is 2.17 bits per heavy atom. The molecule has 152 valence electrons. The number of amidine groups is 1. The van der Waals surface area contributed by atoms with Crippen LogP contribution in [-0.2, 0) is 4.79 Å². The van der Waals surface area contributed by atoms with Gasteiger partial charge in [0.25, 0.3) is 0 Å². The molecule has 6 nitrogen and oxygen atoms in total. The molecule has 0 aliphatic carbocycles. The number of imide groups is 1. The number of hydrogen-bond donors (Lipinski definition) is 1. The van der Waals surface area contributed by atoms with E-state index in [1.807, 2.05) is 0 Å². The molecular formula is C18H13Cl3F2N4O2. The summed E-state index contributed by atoms with van der Waals surface area (Å²) in [5, 5.41) is 2.59. The minimum atomic E-state index is -2.11. The SMILES string of the molecule is CN1C(=O)N(c2ccccc2F)C(=O)C1=NC(Nc1ccccc1F)C(Cl)(Cl)Cl. The lowest BCUT2D eigenvalue weighted by Gasteiger charge is -2.24. The van der Waals surface area contributed by atoms with Gasteiger partial charge in [0, 0.05) is 7.05 Å². The highest BCUT2D eigenvalue weighted by molar-refractivity contribution is 6.68. The molecule has 0 spiro atoms. The molecule has 2 aromatic rings. The van der Waals surface area contributed by atoms with Crippen molar-refractivity contribution in [2.45, 2.75) is 9.96 Å². The second-order valence-corrected chi connectivity index (χ2v) is 8.32. The van der Waals surface area contributed by atoms with Crippen molar-refractivity contribution in [2.75, 3.05) is 17.3 Å². The molecule has 1 unspecified atom stereocenters. The van der Waals surface area contributed by atoms with Gasteiger partial charge < -0.3 is 5.32 Å². The lowest BCUT2D eigenvalue weighted by atomic mass is 10.3. The Labute approximate surface area is 179 Å². The highest BCUT2D eigenvalue weighted by Crippen LogP contribution is 2.34. The van der Waals surface area contributed by atoms with Gasteiger partial charge in [-0.1, -0.05) is 59.1 Å². The zero-order valence-corrected chi connectivity index (χ0v) is 17.0. The molecule has 1 atom stereocenters. The van der Waals surface area contributed by atoms with Crippen LogP contribution in [0.4, 0.5) is 25.0 Å². The van der Waals surface area contributed by atoms with Gasteiger partial charge in [-0.05, 0) is 24.3 Å². The first kappa shape index (κ1) is 21.3. The van der Waals surface area contributed by atoms with Gasteiger partial charge in [0.15, 0.2) is 6.17 Å². The van der Waals surface area contributed by atoms with E-state index >= 15 is 0 Å². The van der Waals surface area contributed by atoms with Gasteiger partial charge in [-0.15, -0.1) is 0 Å². The minimum absolute atomic E-state index is 0.0291. The quantitative estimate of drug-likeness (QED) is 0.536. The Bertz CT molecular complexity index is 997. The number of hydrogen-bond acceptors (Lipinski definition) is 4. The molecule has 1 N–H and O–H groups in total. The number of anilines is 2. The maximum atomic E-state index is 14.1. The molecule has 2 aromatic carbocycles. The molecule has 11 heteroatoms. The highest BCUT2D eigenvalue weighted by Gasteiger charge is 2.44. The molecule has 0 saturated carbocycles. The largest absolute Gasteiger partial charge is 0.358 e. The van der Waals surface area contributed by atoms with E-state index in [1.54, 1.807) is 6.07 Å². The third-order valence-corrected chi connectivity index (χ3v) is 4.63. The normalized spacial score (nSPS) is 17.2. The number of aliphatic imine (C=N–C) groups is 1. The Hall–Kier alpha value is -2.42. The summed E-state index contributed by atoms with van der Waals surface area (Å²) in [5.74, 6) is -2.73. The van der Waals surface area contributed by atoms with Crippen LogP contribution in [0.5, 0.6) is 0 Å². The maximum Gasteiger partial charge on any atom is 0.337 e. The summed E-state index contributed by atoms with van der Waals surface area (Å²) in [6.07, 6.45) is -1.43. The average molecular weight is 462 g/mol. The number of carbonyl (C=O) groups excluding carboxylic acids is 2. The predicted octanol–water partition coefficient (Wildman–Crippen LogP) is 4.57. The van der Waals surface area contributed by atoms with Crippen LogP contribution in [0.25, 0.3) is 0 Å². The number of amides is 3. The fourth-order valence-corrected chi connectivity index (χ4v) is 2.90. The van der Waals surface area contributed by atoms with Crippen molar-refractivity contribution >= 4 is 64.0 Å². The number of rotatable bonds is 4. The number of carbonyl (C=O) groups is 2. The Balaban J connectivity index is 2.00. The van der Waals surface area contributed by atoms with Crippen LogP contribution in [0.1, 0.15) is 0 Å². The minimum Gasteiger partial charge on any atom is -0.358 e. The fraction of sp³-hybridized carbons (Fsp3) is 0.167. The van der Waals surface area contributed by atoms with Gasteiger partial charge in [-0.25, -0.2) is 23.5 Å². The summed E-state index contributed by atoms with van der Waals surface area (Å²) < 4.78 is 26.0. The van der Waals surface area contributed by atoms with E-state index in [4.69, 9.17) is 34.8 Å². The van der Waals surface area contributed by atoms with Gasteiger partial charge in [0.05, 0.1) is 11.4 Å². The smallest absolute Gasteiger partial charge is 0.337 e. The molecule has 0 radical (unpaired) electrons. The van der Waals surface area contributed by atoms with Gasteiger partial charge in [-0.2, -0.15) is 0 Å². The molecule has 3 amide bonds. The molecule has 1 aliphatic rings. The summed E-state index contributed by atoms with van der Waals surface area (Å²) in [6, 6.07) is 10.0. The summed E-state index contributed by atoms with van der Waals surface area (Å²) in [6.45, 7) is 0. The number of alkyl halides is 3. The van der Waals surface area contributed by atoms with Crippen LogP contribution >= 0.6 is 34.8 Å². The van der Waals surface area contributed by atoms with Crippen LogP contribution in [0.3, 0.4) is 0 Å². The first-order valence-corrected chi connectivity index (χ1v) is 9.27. The van der Waals surface area contributed by atoms with Crippen molar-refractivity contribution in [1.82, 2.24) is 4.90 Å². The van der Waals surface area contributed by atoms with E-state index in [-0.39, 0.29) is 11.4 Å². The molecule has 29 heavy (non-hydrogen) atoms. The number of para-hydroxylation sites is 2. The first-order valence-electron chi connectivity index (χ1n) is 8.13. The summed E-state index contributed by atoms with van der Waals surface area (Å²) in [5.41, 5.74) is -0.273. The number of halogens is 5. The molecule has 1 saturated heterocycles. The van der Waals surface area contributed by atoms with Crippen molar-refractivity contribution in [3.05, 3.63) is 60.2 Å². The zero-order valence-electron chi connectivity index (χ0n) is 14.7. The number of likely N-dealkylation sites (N-methyl/N-ethyl adjacent to an activating group) is 1. The molecule has 0 aromatic heterocycles. The molecule has 1 heterocycles. The van der Waals surface area contributed by atoms with E-state index in [9.17, 15) is 18.4 Å². The number of urea groups is 1. The van der Waals surface area contributed by atoms with Crippen LogP contribution in [0.15, 0.2) is 53.5 Å². The third-order valence-electron chi connectivity index (χ3n) is 4.01. The Morgan fingerprint density at radius 1 is 1.00 bits per heavy atom. The zero-order chi connectivity index (χ0) is 21.3. The topological polar surface area (TPSA) is 65.0 Å². The summed E-state index contributed by atoms with van der Waals surface area (Å²) in [4.78, 5) is 30.9. The molecule has 1 fully saturated rings. The van der Waals surface area contributed by atoms with Crippen LogP contribution in [-0.4, -0.2) is 39.7 Å². The predicted molar refractivity (Wildman–Crippen MR) is 109 cm³/mol. The van der Waals surface area contributed by atoms with Gasteiger partial charge in [0.1, 0.15) is 11.6 Å². The second-order valence-electron chi connectivity index (χ2n) is 5.95. The average Bonchev–Trinajstić information content (AvgIpc) is 2.86. The lowest BCUT2D eigenvalue weighted by Crippen LogP contribution is -2.36. The number of nitrogens with one attached hydrogen (secondary N) is 1. The summed E-state index contributed by atoms with van der Waals surface area (Å²) >= 11 is 17.8. The maximum absolute atomic E-state index is 14.1.